The minimum atomic E-state index is -3.78. The van der Waals surface area contributed by atoms with Crippen molar-refractivity contribution in [2.45, 2.75) is 23.8 Å². The third-order valence-electron chi connectivity index (χ3n) is 2.50. The van der Waals surface area contributed by atoms with E-state index in [0.29, 0.717) is 19.0 Å². The van der Waals surface area contributed by atoms with Gasteiger partial charge in [-0.2, -0.15) is 0 Å². The molecule has 1 aromatic heterocycles. The molecule has 0 unspecified atom stereocenters. The lowest BCUT2D eigenvalue weighted by atomic mass is 10.00. The Morgan fingerprint density at radius 1 is 1.44 bits per heavy atom. The van der Waals surface area contributed by atoms with E-state index in [4.69, 9.17) is 15.4 Å². The smallest absolute Gasteiger partial charge is 0.279 e. The molecule has 1 aromatic rings. The second kappa shape index (κ2) is 4.64. The first kappa shape index (κ1) is 12.3. The number of nitrogens with zero attached hydrogens (tertiary/aromatic N) is 1. The molecular formula is C8H10BrClN2O3S. The Morgan fingerprint density at radius 3 is 2.56 bits per heavy atom. The molecule has 1 saturated heterocycles. The zero-order valence-electron chi connectivity index (χ0n) is 8.24. The summed E-state index contributed by atoms with van der Waals surface area (Å²) >= 11 is 3.08. The first-order valence-electron chi connectivity index (χ1n) is 4.76. The molecule has 0 saturated carbocycles. The first-order valence-corrected chi connectivity index (χ1v) is 7.86. The van der Waals surface area contributed by atoms with Gasteiger partial charge in [0.25, 0.3) is 9.05 Å². The molecule has 16 heavy (non-hydrogen) atoms. The van der Waals surface area contributed by atoms with Crippen LogP contribution in [-0.2, 0) is 13.8 Å². The van der Waals surface area contributed by atoms with Crippen LogP contribution in [0.5, 0.6) is 0 Å². The summed E-state index contributed by atoms with van der Waals surface area (Å²) in [6, 6.07) is 0. The van der Waals surface area contributed by atoms with Crippen LogP contribution in [0.15, 0.2) is 9.63 Å². The Kier molecular flexibility index (Phi) is 3.58. The lowest BCUT2D eigenvalue weighted by Gasteiger charge is -2.19. The third kappa shape index (κ3) is 2.58. The van der Waals surface area contributed by atoms with Gasteiger partial charge in [-0.3, -0.25) is 0 Å². The van der Waals surface area contributed by atoms with Gasteiger partial charge in [-0.25, -0.2) is 13.4 Å². The molecule has 0 atom stereocenters. The standard InChI is InChI=1S/C8H10BrClN2O3S/c9-6-8(16(10,13)14)12-7(11-6)5-1-3-15-4-2-5/h5H,1-4H2,(H,11,12). The highest BCUT2D eigenvalue weighted by Crippen LogP contribution is 2.29. The Labute approximate surface area is 106 Å². The van der Waals surface area contributed by atoms with E-state index in [9.17, 15) is 8.42 Å². The van der Waals surface area contributed by atoms with Gasteiger partial charge in [0.15, 0.2) is 5.03 Å². The average Bonchev–Trinajstić information content (AvgIpc) is 2.61. The number of hydrogen-bond acceptors (Lipinski definition) is 4. The van der Waals surface area contributed by atoms with Gasteiger partial charge in [0.2, 0.25) is 0 Å². The molecule has 0 bridgehead atoms. The molecule has 8 heteroatoms. The molecule has 0 aromatic carbocycles. The van der Waals surface area contributed by atoms with Gasteiger partial charge in [-0.05, 0) is 28.8 Å². The third-order valence-corrected chi connectivity index (χ3v) is 4.58. The van der Waals surface area contributed by atoms with Gasteiger partial charge in [-0.1, -0.05) is 0 Å². The molecule has 0 radical (unpaired) electrons. The van der Waals surface area contributed by atoms with Crippen LogP contribution in [-0.4, -0.2) is 31.6 Å². The second-order valence-corrected chi connectivity index (χ2v) is 6.82. The van der Waals surface area contributed by atoms with Gasteiger partial charge < -0.3 is 9.72 Å². The summed E-state index contributed by atoms with van der Waals surface area (Å²) in [6.45, 7) is 1.35. The SMILES string of the molecule is O=S(=O)(Cl)c1[nH]c(C2CCOCC2)nc1Br. The van der Waals surface area contributed by atoms with Crippen LogP contribution in [0, 0.1) is 0 Å². The maximum Gasteiger partial charge on any atom is 0.279 e. The van der Waals surface area contributed by atoms with Crippen LogP contribution >= 0.6 is 26.6 Å². The molecule has 1 aliphatic rings. The monoisotopic (exact) mass is 328 g/mol. The minimum absolute atomic E-state index is 0.0735. The summed E-state index contributed by atoms with van der Waals surface area (Å²) in [6.07, 6.45) is 1.67. The molecule has 90 valence electrons. The highest BCUT2D eigenvalue weighted by Gasteiger charge is 2.24. The molecule has 0 aliphatic carbocycles. The molecule has 2 rings (SSSR count). The largest absolute Gasteiger partial charge is 0.381 e. The molecule has 2 heterocycles. The highest BCUT2D eigenvalue weighted by molar-refractivity contribution is 9.10. The Bertz CT molecular complexity index is 481. The molecule has 1 N–H and O–H groups in total. The zero-order valence-corrected chi connectivity index (χ0v) is 11.4. The maximum atomic E-state index is 11.2. The van der Waals surface area contributed by atoms with Crippen molar-refractivity contribution in [3.05, 3.63) is 10.4 Å². The molecule has 0 amide bonds. The highest BCUT2D eigenvalue weighted by atomic mass is 79.9. The van der Waals surface area contributed by atoms with Crippen molar-refractivity contribution >= 4 is 35.7 Å². The lowest BCUT2D eigenvalue weighted by Crippen LogP contribution is -2.15. The maximum absolute atomic E-state index is 11.2. The number of ether oxygens (including phenoxy) is 1. The van der Waals surface area contributed by atoms with Crippen LogP contribution in [0.1, 0.15) is 24.6 Å². The van der Waals surface area contributed by atoms with Crippen molar-refractivity contribution in [1.29, 1.82) is 0 Å². The number of aromatic amines is 1. The van der Waals surface area contributed by atoms with E-state index in [0.717, 1.165) is 12.8 Å². The van der Waals surface area contributed by atoms with Crippen molar-refractivity contribution in [3.63, 3.8) is 0 Å². The van der Waals surface area contributed by atoms with Crippen molar-refractivity contribution in [2.24, 2.45) is 0 Å². The second-order valence-electron chi connectivity index (χ2n) is 3.57. The van der Waals surface area contributed by atoms with E-state index in [2.05, 4.69) is 25.9 Å². The summed E-state index contributed by atoms with van der Waals surface area (Å²) in [5.74, 6) is 0.853. The molecular weight excluding hydrogens is 320 g/mol. The van der Waals surface area contributed by atoms with Gasteiger partial charge >= 0.3 is 0 Å². The van der Waals surface area contributed by atoms with Crippen LogP contribution in [0.4, 0.5) is 0 Å². The first-order chi connectivity index (χ1) is 7.48. The topological polar surface area (TPSA) is 72.0 Å². The fraction of sp³-hybridized carbons (Fsp3) is 0.625. The van der Waals surface area contributed by atoms with Crippen molar-refractivity contribution in [1.82, 2.24) is 9.97 Å². The normalized spacial score (nSPS) is 18.9. The average molecular weight is 330 g/mol. The summed E-state index contributed by atoms with van der Waals surface area (Å²) in [4.78, 5) is 6.90. The summed E-state index contributed by atoms with van der Waals surface area (Å²) in [7, 11) is 1.49. The van der Waals surface area contributed by atoms with Gasteiger partial charge in [0, 0.05) is 29.8 Å². The van der Waals surface area contributed by atoms with Crippen molar-refractivity contribution in [3.8, 4) is 0 Å². The fourth-order valence-electron chi connectivity index (χ4n) is 1.68. The van der Waals surface area contributed by atoms with E-state index in [1.807, 2.05) is 0 Å². The van der Waals surface area contributed by atoms with Crippen LogP contribution < -0.4 is 0 Å². The van der Waals surface area contributed by atoms with Crippen LogP contribution in [0.2, 0.25) is 0 Å². The van der Waals surface area contributed by atoms with E-state index in [1.165, 1.54) is 0 Å². The van der Waals surface area contributed by atoms with Crippen LogP contribution in [0.25, 0.3) is 0 Å². The quantitative estimate of drug-likeness (QED) is 0.842. The predicted molar refractivity (Wildman–Crippen MR) is 62.1 cm³/mol. The fourth-order valence-corrected chi connectivity index (χ4v) is 3.70. The molecule has 5 nitrogen and oxygen atoms in total. The van der Waals surface area contributed by atoms with E-state index >= 15 is 0 Å². The number of rotatable bonds is 2. The zero-order chi connectivity index (χ0) is 11.8. The van der Waals surface area contributed by atoms with Gasteiger partial charge in [-0.15, -0.1) is 0 Å². The van der Waals surface area contributed by atoms with Gasteiger partial charge in [0.1, 0.15) is 10.4 Å². The van der Waals surface area contributed by atoms with Crippen molar-refractivity contribution in [2.75, 3.05) is 13.2 Å². The Hall–Kier alpha value is -0.110. The number of hydrogen-bond donors (Lipinski definition) is 1. The summed E-state index contributed by atoms with van der Waals surface area (Å²) in [5, 5.41) is -0.0735. The molecule has 1 fully saturated rings. The van der Waals surface area contributed by atoms with Gasteiger partial charge in [0.05, 0.1) is 0 Å². The number of aromatic nitrogens is 2. The summed E-state index contributed by atoms with van der Waals surface area (Å²) in [5.41, 5.74) is 0. The van der Waals surface area contributed by atoms with E-state index < -0.39 is 9.05 Å². The summed E-state index contributed by atoms with van der Waals surface area (Å²) < 4.78 is 27.8. The Balaban J connectivity index is 2.30. The molecule has 0 spiro atoms. The predicted octanol–water partition coefficient (Wildman–Crippen LogP) is 1.99. The number of H-pyrrole nitrogens is 1. The van der Waals surface area contributed by atoms with Crippen molar-refractivity contribution < 1.29 is 13.2 Å². The van der Waals surface area contributed by atoms with E-state index in [-0.39, 0.29) is 15.5 Å². The molecule has 1 aliphatic heterocycles. The van der Waals surface area contributed by atoms with Crippen LogP contribution in [0.3, 0.4) is 0 Å². The number of halogens is 2. The minimum Gasteiger partial charge on any atom is -0.381 e. The van der Waals surface area contributed by atoms with E-state index in [1.54, 1.807) is 0 Å². The number of imidazole rings is 1. The number of nitrogens with one attached hydrogen (secondary N) is 1. The Morgan fingerprint density at radius 2 is 2.06 bits per heavy atom. The lowest BCUT2D eigenvalue weighted by molar-refractivity contribution is 0.0837.